The Hall–Kier alpha value is -2.11. The number of anilines is 1. The number of carbonyl (C=O) groups excluding carboxylic acids is 2. The van der Waals surface area contributed by atoms with Gasteiger partial charge in [-0.25, -0.2) is 0 Å². The third-order valence-electron chi connectivity index (χ3n) is 3.19. The van der Waals surface area contributed by atoms with Crippen LogP contribution in [-0.4, -0.2) is 23.5 Å². The molecule has 6 nitrogen and oxygen atoms in total. The van der Waals surface area contributed by atoms with Crippen LogP contribution < -0.4 is 5.32 Å². The van der Waals surface area contributed by atoms with Gasteiger partial charge in [-0.2, -0.15) is 0 Å². The summed E-state index contributed by atoms with van der Waals surface area (Å²) in [6.45, 7) is 5.66. The average Bonchev–Trinajstić information content (AvgIpc) is 2.74. The molecular weight excluding hydrogens is 260 g/mol. The van der Waals surface area contributed by atoms with E-state index in [9.17, 15) is 9.59 Å². The predicted molar refractivity (Wildman–Crippen MR) is 71.9 cm³/mol. The minimum atomic E-state index is -0.709. The summed E-state index contributed by atoms with van der Waals surface area (Å²) < 4.78 is 9.89. The van der Waals surface area contributed by atoms with Crippen LogP contribution in [0.2, 0.25) is 0 Å². The van der Waals surface area contributed by atoms with E-state index in [0.29, 0.717) is 18.0 Å². The Labute approximate surface area is 117 Å². The Bertz CT molecular complexity index is 547. The number of aromatic nitrogens is 1. The normalized spacial score (nSPS) is 22.4. The molecule has 0 aliphatic heterocycles. The Balaban J connectivity index is 2.09. The molecule has 1 aromatic heterocycles. The lowest BCUT2D eigenvalue weighted by Crippen LogP contribution is -2.35. The highest BCUT2D eigenvalue weighted by Crippen LogP contribution is 2.28. The predicted octanol–water partition coefficient (Wildman–Crippen LogP) is 2.07. The zero-order valence-corrected chi connectivity index (χ0v) is 11.8. The molecule has 0 saturated heterocycles. The minimum absolute atomic E-state index is 0.109. The Morgan fingerprint density at radius 3 is 2.90 bits per heavy atom. The summed E-state index contributed by atoms with van der Waals surface area (Å²) in [6.07, 6.45) is 2.03. The number of hydrogen-bond acceptors (Lipinski definition) is 6. The lowest BCUT2D eigenvalue weighted by molar-refractivity contribution is -0.152. The molecule has 20 heavy (non-hydrogen) atoms. The van der Waals surface area contributed by atoms with Gasteiger partial charge in [0.2, 0.25) is 0 Å². The smallest absolute Gasteiger partial charge is 0.317 e. The highest BCUT2D eigenvalue weighted by molar-refractivity contribution is 6.06. The van der Waals surface area contributed by atoms with Gasteiger partial charge >= 0.3 is 5.97 Å². The molecule has 1 N–H and O–H groups in total. The van der Waals surface area contributed by atoms with E-state index in [1.165, 1.54) is 6.08 Å². The second-order valence-corrected chi connectivity index (χ2v) is 4.93. The number of ketones is 1. The largest absolute Gasteiger partial charge is 0.465 e. The van der Waals surface area contributed by atoms with Gasteiger partial charge in [-0.1, -0.05) is 12.1 Å². The van der Waals surface area contributed by atoms with Gasteiger partial charge in [-0.15, -0.1) is 0 Å². The fraction of sp³-hybridized carbons (Fsp3) is 0.500. The molecule has 0 bridgehead atoms. The molecule has 6 heteroatoms. The van der Waals surface area contributed by atoms with Crippen LogP contribution in [0.25, 0.3) is 0 Å². The standard InChI is InChI=1S/C14H18N2O4/c1-4-19-14(18)13-8(2)5-10(7-11(13)17)15-12-6-9(3)20-16-12/h6-8,13H,4-5H2,1-3H3,(H,15,16). The molecule has 0 saturated carbocycles. The van der Waals surface area contributed by atoms with Crippen molar-refractivity contribution in [2.24, 2.45) is 11.8 Å². The van der Waals surface area contributed by atoms with E-state index in [0.717, 1.165) is 5.70 Å². The maximum atomic E-state index is 12.1. The quantitative estimate of drug-likeness (QED) is 0.670. The number of carbonyl (C=O) groups is 2. The van der Waals surface area contributed by atoms with E-state index in [4.69, 9.17) is 9.26 Å². The van der Waals surface area contributed by atoms with Crippen molar-refractivity contribution in [2.45, 2.75) is 27.2 Å². The third-order valence-corrected chi connectivity index (χ3v) is 3.19. The molecule has 2 rings (SSSR count). The first-order chi connectivity index (χ1) is 9.51. The van der Waals surface area contributed by atoms with Crippen molar-refractivity contribution in [3.05, 3.63) is 23.6 Å². The van der Waals surface area contributed by atoms with Gasteiger partial charge in [0.05, 0.1) is 6.61 Å². The van der Waals surface area contributed by atoms with Crippen molar-refractivity contribution < 1.29 is 18.8 Å². The number of rotatable bonds is 4. The van der Waals surface area contributed by atoms with E-state index in [-0.39, 0.29) is 18.3 Å². The fourth-order valence-electron chi connectivity index (χ4n) is 2.32. The second kappa shape index (κ2) is 5.90. The summed E-state index contributed by atoms with van der Waals surface area (Å²) in [5, 5.41) is 6.85. The summed E-state index contributed by atoms with van der Waals surface area (Å²) in [5.74, 6) is -0.250. The number of ether oxygens (including phenoxy) is 1. The Kier molecular flexibility index (Phi) is 4.22. The van der Waals surface area contributed by atoms with Crippen molar-refractivity contribution in [2.75, 3.05) is 11.9 Å². The summed E-state index contributed by atoms with van der Waals surface area (Å²) in [5.41, 5.74) is 0.733. The number of nitrogens with zero attached hydrogens (tertiary/aromatic N) is 1. The van der Waals surface area contributed by atoms with Gasteiger partial charge in [-0.3, -0.25) is 9.59 Å². The molecular formula is C14H18N2O4. The van der Waals surface area contributed by atoms with Crippen LogP contribution in [0.1, 0.15) is 26.0 Å². The summed E-state index contributed by atoms with van der Waals surface area (Å²) in [7, 11) is 0. The number of hydrogen-bond donors (Lipinski definition) is 1. The van der Waals surface area contributed by atoms with Crippen LogP contribution in [0.3, 0.4) is 0 Å². The van der Waals surface area contributed by atoms with Gasteiger partial charge in [0.25, 0.3) is 0 Å². The monoisotopic (exact) mass is 278 g/mol. The lowest BCUT2D eigenvalue weighted by atomic mass is 9.82. The van der Waals surface area contributed by atoms with E-state index < -0.39 is 11.9 Å². The number of allylic oxidation sites excluding steroid dienone is 2. The topological polar surface area (TPSA) is 81.4 Å². The van der Waals surface area contributed by atoms with E-state index in [2.05, 4.69) is 10.5 Å². The average molecular weight is 278 g/mol. The molecule has 2 unspecified atom stereocenters. The summed E-state index contributed by atoms with van der Waals surface area (Å²) in [4.78, 5) is 23.8. The maximum absolute atomic E-state index is 12.1. The molecule has 0 radical (unpaired) electrons. The van der Waals surface area contributed by atoms with Crippen molar-refractivity contribution in [3.63, 3.8) is 0 Å². The Morgan fingerprint density at radius 1 is 1.60 bits per heavy atom. The van der Waals surface area contributed by atoms with Crippen LogP contribution in [0.15, 0.2) is 22.4 Å². The summed E-state index contributed by atoms with van der Waals surface area (Å²) in [6, 6.07) is 1.74. The summed E-state index contributed by atoms with van der Waals surface area (Å²) >= 11 is 0. The van der Waals surface area contributed by atoms with E-state index >= 15 is 0 Å². The van der Waals surface area contributed by atoms with Crippen molar-refractivity contribution >= 4 is 17.6 Å². The maximum Gasteiger partial charge on any atom is 0.317 e. The molecule has 0 fully saturated rings. The first-order valence-electron chi connectivity index (χ1n) is 6.62. The molecule has 1 aromatic rings. The second-order valence-electron chi connectivity index (χ2n) is 4.93. The molecule has 1 aliphatic rings. The highest BCUT2D eigenvalue weighted by atomic mass is 16.5. The first kappa shape index (κ1) is 14.3. The van der Waals surface area contributed by atoms with Crippen molar-refractivity contribution in [3.8, 4) is 0 Å². The zero-order valence-electron chi connectivity index (χ0n) is 11.8. The van der Waals surface area contributed by atoms with Gasteiger partial charge < -0.3 is 14.6 Å². The molecule has 0 aromatic carbocycles. The van der Waals surface area contributed by atoms with Gasteiger partial charge in [0.1, 0.15) is 11.7 Å². The highest BCUT2D eigenvalue weighted by Gasteiger charge is 2.36. The molecule has 1 heterocycles. The number of esters is 1. The molecule has 0 amide bonds. The lowest BCUT2D eigenvalue weighted by Gasteiger charge is -2.25. The Morgan fingerprint density at radius 2 is 2.35 bits per heavy atom. The van der Waals surface area contributed by atoms with Gasteiger partial charge in [-0.05, 0) is 26.2 Å². The minimum Gasteiger partial charge on any atom is -0.465 e. The molecule has 1 aliphatic carbocycles. The van der Waals surface area contributed by atoms with Crippen molar-refractivity contribution in [1.82, 2.24) is 5.16 Å². The first-order valence-corrected chi connectivity index (χ1v) is 6.62. The third kappa shape index (κ3) is 3.07. The van der Waals surface area contributed by atoms with Crippen LogP contribution in [-0.2, 0) is 14.3 Å². The number of aryl methyl sites for hydroxylation is 1. The van der Waals surface area contributed by atoms with Crippen LogP contribution in [0.4, 0.5) is 5.82 Å². The van der Waals surface area contributed by atoms with E-state index in [1.54, 1.807) is 19.9 Å². The van der Waals surface area contributed by atoms with Gasteiger partial charge in [0.15, 0.2) is 11.6 Å². The van der Waals surface area contributed by atoms with Crippen LogP contribution >= 0.6 is 0 Å². The molecule has 108 valence electrons. The fourth-order valence-corrected chi connectivity index (χ4v) is 2.32. The van der Waals surface area contributed by atoms with E-state index in [1.807, 2.05) is 6.92 Å². The van der Waals surface area contributed by atoms with Crippen molar-refractivity contribution in [1.29, 1.82) is 0 Å². The van der Waals surface area contributed by atoms with Crippen LogP contribution in [0.5, 0.6) is 0 Å². The van der Waals surface area contributed by atoms with Gasteiger partial charge in [0, 0.05) is 17.8 Å². The molecule has 0 spiro atoms. The molecule has 2 atom stereocenters. The number of nitrogens with one attached hydrogen (secondary N) is 1. The van der Waals surface area contributed by atoms with Crippen LogP contribution in [0, 0.1) is 18.8 Å². The zero-order chi connectivity index (χ0) is 14.7. The SMILES string of the molecule is CCOC(=O)C1C(=O)C=C(Nc2cc(C)on2)CC1C.